The average Bonchev–Trinajstić information content (AvgIpc) is 2.72. The van der Waals surface area contributed by atoms with E-state index < -0.39 is 5.91 Å². The number of amides is 3. The van der Waals surface area contributed by atoms with E-state index in [9.17, 15) is 14.4 Å². The molecule has 1 heterocycles. The molecule has 2 aromatic rings. The number of anilines is 1. The van der Waals surface area contributed by atoms with E-state index in [1.165, 1.54) is 14.0 Å². The first-order valence-corrected chi connectivity index (χ1v) is 9.63. The van der Waals surface area contributed by atoms with Crippen LogP contribution in [0.3, 0.4) is 0 Å². The van der Waals surface area contributed by atoms with Crippen LogP contribution in [0.25, 0.3) is 0 Å². The van der Waals surface area contributed by atoms with Gasteiger partial charge in [0.1, 0.15) is 0 Å². The van der Waals surface area contributed by atoms with Crippen LogP contribution in [0.4, 0.5) is 5.69 Å². The molecule has 0 saturated heterocycles. The summed E-state index contributed by atoms with van der Waals surface area (Å²) in [7, 11) is 1.47. The molecule has 3 amide bonds. The summed E-state index contributed by atoms with van der Waals surface area (Å²) < 4.78 is 10.6. The van der Waals surface area contributed by atoms with Crippen molar-refractivity contribution in [2.75, 3.05) is 25.6 Å². The number of carbonyl (C=O) groups excluding carboxylic acids is 3. The Hall–Kier alpha value is -3.55. The van der Waals surface area contributed by atoms with Gasteiger partial charge in [-0.1, -0.05) is 24.3 Å². The molecule has 0 aromatic heterocycles. The molecular formula is C22H25N3O5. The number of fused-ring (bicyclic) bond motifs is 1. The van der Waals surface area contributed by atoms with Gasteiger partial charge in [0.05, 0.1) is 19.6 Å². The first-order chi connectivity index (χ1) is 14.4. The summed E-state index contributed by atoms with van der Waals surface area (Å²) in [5, 5.41) is 2.83. The predicted octanol–water partition coefficient (Wildman–Crippen LogP) is 2.03. The van der Waals surface area contributed by atoms with Crippen molar-refractivity contribution in [3.63, 3.8) is 0 Å². The number of nitrogens with two attached hydrogens (primary N) is 1. The number of benzene rings is 2. The van der Waals surface area contributed by atoms with E-state index in [4.69, 9.17) is 15.2 Å². The molecule has 0 aliphatic carbocycles. The molecular weight excluding hydrogens is 386 g/mol. The number of hydrogen-bond acceptors (Lipinski definition) is 5. The van der Waals surface area contributed by atoms with Crippen molar-refractivity contribution in [1.82, 2.24) is 4.90 Å². The van der Waals surface area contributed by atoms with Gasteiger partial charge in [-0.2, -0.15) is 0 Å². The van der Waals surface area contributed by atoms with Gasteiger partial charge in [-0.05, 0) is 29.7 Å². The lowest BCUT2D eigenvalue weighted by molar-refractivity contribution is -0.132. The maximum atomic E-state index is 12.8. The van der Waals surface area contributed by atoms with Crippen molar-refractivity contribution in [1.29, 1.82) is 0 Å². The summed E-state index contributed by atoms with van der Waals surface area (Å²) >= 11 is 0. The molecule has 3 N–H and O–H groups in total. The molecule has 158 valence electrons. The van der Waals surface area contributed by atoms with Crippen molar-refractivity contribution in [3.8, 4) is 11.5 Å². The highest BCUT2D eigenvalue weighted by Crippen LogP contribution is 2.34. The highest BCUT2D eigenvalue weighted by molar-refractivity contribution is 5.92. The minimum absolute atomic E-state index is 0.0612. The number of nitrogens with one attached hydrogen (secondary N) is 1. The highest BCUT2D eigenvalue weighted by Gasteiger charge is 2.30. The van der Waals surface area contributed by atoms with Crippen LogP contribution in [-0.2, 0) is 20.8 Å². The number of rotatable bonds is 7. The summed E-state index contributed by atoms with van der Waals surface area (Å²) in [6.45, 7) is 1.79. The lowest BCUT2D eigenvalue weighted by Crippen LogP contribution is -2.40. The van der Waals surface area contributed by atoms with E-state index >= 15 is 0 Å². The molecule has 2 aromatic carbocycles. The number of carbonyl (C=O) groups is 3. The number of methoxy groups -OCH3 is 1. The Morgan fingerprint density at radius 1 is 1.17 bits per heavy atom. The smallest absolute Gasteiger partial charge is 0.255 e. The largest absolute Gasteiger partial charge is 0.493 e. The third-order valence-electron chi connectivity index (χ3n) is 5.01. The molecule has 1 atom stereocenters. The average molecular weight is 411 g/mol. The summed E-state index contributed by atoms with van der Waals surface area (Å²) in [6.07, 6.45) is 0.896. The third kappa shape index (κ3) is 4.89. The Labute approximate surface area is 174 Å². The lowest BCUT2D eigenvalue weighted by atomic mass is 9.90. The van der Waals surface area contributed by atoms with E-state index in [0.717, 1.165) is 17.5 Å². The fourth-order valence-electron chi connectivity index (χ4n) is 3.65. The molecule has 0 spiro atoms. The molecule has 1 unspecified atom stereocenters. The summed E-state index contributed by atoms with van der Waals surface area (Å²) in [5.74, 6) is -0.213. The van der Waals surface area contributed by atoms with Crippen molar-refractivity contribution < 1.29 is 23.9 Å². The Morgan fingerprint density at radius 2 is 1.93 bits per heavy atom. The van der Waals surface area contributed by atoms with Gasteiger partial charge in [-0.3, -0.25) is 14.4 Å². The number of hydrogen-bond donors (Lipinski definition) is 2. The van der Waals surface area contributed by atoms with E-state index in [1.807, 2.05) is 24.3 Å². The first-order valence-electron chi connectivity index (χ1n) is 9.63. The molecule has 1 aliphatic rings. The quantitative estimate of drug-likeness (QED) is 0.724. The molecule has 8 heteroatoms. The summed E-state index contributed by atoms with van der Waals surface area (Å²) in [6, 6.07) is 12.4. The van der Waals surface area contributed by atoms with Crippen LogP contribution < -0.4 is 20.5 Å². The zero-order valence-electron chi connectivity index (χ0n) is 17.0. The third-order valence-corrected chi connectivity index (χ3v) is 5.01. The minimum atomic E-state index is -0.619. The van der Waals surface area contributed by atoms with Crippen LogP contribution in [0, 0.1) is 0 Å². The zero-order chi connectivity index (χ0) is 21.7. The van der Waals surface area contributed by atoms with Crippen molar-refractivity contribution in [2.45, 2.75) is 25.8 Å². The second-order valence-corrected chi connectivity index (χ2v) is 7.05. The normalized spacial score (nSPS) is 15.1. The van der Waals surface area contributed by atoms with Crippen LogP contribution in [0.1, 0.15) is 30.5 Å². The second-order valence-electron chi connectivity index (χ2n) is 7.05. The first kappa shape index (κ1) is 21.2. The Bertz CT molecular complexity index is 960. The fourth-order valence-corrected chi connectivity index (χ4v) is 3.65. The second kappa shape index (κ2) is 9.30. The lowest BCUT2D eigenvalue weighted by Gasteiger charge is -2.36. The van der Waals surface area contributed by atoms with E-state index in [2.05, 4.69) is 5.32 Å². The van der Waals surface area contributed by atoms with E-state index in [0.29, 0.717) is 23.7 Å². The Kier molecular flexibility index (Phi) is 6.56. The van der Waals surface area contributed by atoms with Crippen LogP contribution in [-0.4, -0.2) is 42.9 Å². The highest BCUT2D eigenvalue weighted by atomic mass is 16.5. The van der Waals surface area contributed by atoms with Crippen molar-refractivity contribution in [2.24, 2.45) is 5.73 Å². The number of nitrogens with zero attached hydrogens (tertiary/aromatic N) is 1. The minimum Gasteiger partial charge on any atom is -0.493 e. The van der Waals surface area contributed by atoms with Crippen molar-refractivity contribution in [3.05, 3.63) is 53.6 Å². The Balaban J connectivity index is 1.76. The zero-order valence-corrected chi connectivity index (χ0v) is 17.0. The van der Waals surface area contributed by atoms with Gasteiger partial charge in [0.25, 0.3) is 5.91 Å². The molecule has 1 aliphatic heterocycles. The molecule has 3 rings (SSSR count). The van der Waals surface area contributed by atoms with E-state index in [-0.39, 0.29) is 30.9 Å². The number of primary amides is 1. The molecule has 0 radical (unpaired) electrons. The topological polar surface area (TPSA) is 111 Å². The Morgan fingerprint density at radius 3 is 2.63 bits per heavy atom. The van der Waals surface area contributed by atoms with Crippen LogP contribution in [0.5, 0.6) is 11.5 Å². The van der Waals surface area contributed by atoms with Crippen LogP contribution in [0.15, 0.2) is 42.5 Å². The fraction of sp³-hybridized carbons (Fsp3) is 0.318. The van der Waals surface area contributed by atoms with Gasteiger partial charge in [0.15, 0.2) is 18.1 Å². The maximum Gasteiger partial charge on any atom is 0.255 e. The van der Waals surface area contributed by atoms with Gasteiger partial charge in [-0.25, -0.2) is 0 Å². The summed E-state index contributed by atoms with van der Waals surface area (Å²) in [5.41, 5.74) is 7.76. The van der Waals surface area contributed by atoms with Gasteiger partial charge in [-0.15, -0.1) is 0 Å². The van der Waals surface area contributed by atoms with Gasteiger partial charge in [0, 0.05) is 25.2 Å². The summed E-state index contributed by atoms with van der Waals surface area (Å²) in [4.78, 5) is 37.7. The standard InChI is InChI=1S/C22H25N3O5/c1-14(26)25-10-9-15-5-3-4-6-17(15)18(25)12-22(28)24-16-7-8-19(29-2)20(11-16)30-13-21(23)27/h3-8,11,18H,9-10,12-13H2,1-2H3,(H2,23,27)(H,24,28). The van der Waals surface area contributed by atoms with Gasteiger partial charge >= 0.3 is 0 Å². The van der Waals surface area contributed by atoms with Gasteiger partial charge < -0.3 is 25.4 Å². The predicted molar refractivity (Wildman–Crippen MR) is 111 cm³/mol. The maximum absolute atomic E-state index is 12.8. The van der Waals surface area contributed by atoms with Crippen LogP contribution >= 0.6 is 0 Å². The molecule has 8 nitrogen and oxygen atoms in total. The van der Waals surface area contributed by atoms with Crippen LogP contribution in [0.2, 0.25) is 0 Å². The molecule has 0 bridgehead atoms. The molecule has 30 heavy (non-hydrogen) atoms. The van der Waals surface area contributed by atoms with E-state index in [1.54, 1.807) is 23.1 Å². The van der Waals surface area contributed by atoms with Gasteiger partial charge in [0.2, 0.25) is 11.8 Å². The molecule has 0 fully saturated rings. The SMILES string of the molecule is COc1ccc(NC(=O)CC2c3ccccc3CCN2C(C)=O)cc1OCC(N)=O. The number of ether oxygens (including phenoxy) is 2. The van der Waals surface area contributed by atoms with Crippen molar-refractivity contribution >= 4 is 23.4 Å². The molecule has 0 saturated carbocycles. The monoisotopic (exact) mass is 411 g/mol.